The Morgan fingerprint density at radius 1 is 1.31 bits per heavy atom. The molecule has 3 heterocycles. The number of nitrogens with zero attached hydrogens (tertiary/aromatic N) is 6. The minimum Gasteiger partial charge on any atom is -0.352 e. The normalized spacial score (nSPS) is 22.0. The molecule has 4 rings (SSSR count). The number of azide groups is 1. The molecular weight excluding hydrogens is 426 g/mol. The van der Waals surface area contributed by atoms with Crippen molar-refractivity contribution in [2.45, 2.75) is 31.7 Å². The lowest BCUT2D eigenvalue weighted by atomic mass is 10.1. The Morgan fingerprint density at radius 3 is 2.75 bits per heavy atom. The Morgan fingerprint density at radius 2 is 2.06 bits per heavy atom. The van der Waals surface area contributed by atoms with Gasteiger partial charge in [-0.05, 0) is 18.5 Å². The molecule has 1 saturated heterocycles. The van der Waals surface area contributed by atoms with Crippen LogP contribution in [0.3, 0.4) is 0 Å². The molecule has 32 heavy (non-hydrogen) atoms. The van der Waals surface area contributed by atoms with E-state index in [0.717, 1.165) is 15.5 Å². The zero-order valence-corrected chi connectivity index (χ0v) is 16.5. The summed E-state index contributed by atoms with van der Waals surface area (Å²) in [6.45, 7) is 1.15. The number of aryl methyl sites for hydroxylation is 1. The first-order chi connectivity index (χ1) is 15.2. The number of hydrogen-bond acceptors (Lipinski definition) is 8. The van der Waals surface area contributed by atoms with Gasteiger partial charge in [0.25, 0.3) is 23.1 Å². The number of carbonyl (C=O) groups is 2. The molecule has 2 aliphatic heterocycles. The fraction of sp³-hybridized carbons (Fsp3) is 0.333. The van der Waals surface area contributed by atoms with Gasteiger partial charge in [0, 0.05) is 29.2 Å². The molecule has 2 amide bonds. The number of aromatic nitrogens is 2. The first-order valence-electron chi connectivity index (χ1n) is 9.38. The van der Waals surface area contributed by atoms with E-state index < -0.39 is 52.0 Å². The average molecular weight is 441 g/mol. The fourth-order valence-corrected chi connectivity index (χ4v) is 3.85. The minimum atomic E-state index is -0.976. The van der Waals surface area contributed by atoms with Crippen molar-refractivity contribution < 1.29 is 19.2 Å². The molecule has 0 bridgehead atoms. The van der Waals surface area contributed by atoms with Crippen LogP contribution >= 0.6 is 0 Å². The number of fused-ring (bicyclic) bond motifs is 1. The quantitative estimate of drug-likeness (QED) is 0.178. The van der Waals surface area contributed by atoms with Crippen LogP contribution in [-0.2, 0) is 4.74 Å². The van der Waals surface area contributed by atoms with Gasteiger partial charge in [-0.1, -0.05) is 11.2 Å². The monoisotopic (exact) mass is 441 g/mol. The van der Waals surface area contributed by atoms with Crippen LogP contribution in [0.15, 0.2) is 39.1 Å². The highest BCUT2D eigenvalue weighted by molar-refractivity contribution is 6.23. The fourth-order valence-electron chi connectivity index (χ4n) is 3.85. The van der Waals surface area contributed by atoms with Crippen molar-refractivity contribution in [1.29, 1.82) is 0 Å². The van der Waals surface area contributed by atoms with Crippen LogP contribution in [0.4, 0.5) is 5.69 Å². The maximum absolute atomic E-state index is 12.8. The number of nitro groups is 1. The Kier molecular flexibility index (Phi) is 5.08. The molecule has 1 N–H and O–H groups in total. The number of nitrogens with one attached hydrogen (secondary N) is 1. The van der Waals surface area contributed by atoms with Crippen LogP contribution in [0, 0.1) is 17.0 Å². The van der Waals surface area contributed by atoms with Crippen LogP contribution in [0.1, 0.15) is 38.9 Å². The number of imide groups is 1. The third-order valence-corrected chi connectivity index (χ3v) is 5.40. The number of amides is 2. The molecule has 0 saturated carbocycles. The molecule has 2 aromatic rings. The SMILES string of the molecule is Cc1cn([C@H]2C[C@H](N=[N+]=[N-])[C@@H](CN3C(=O)c4cccc([N+](=O)[O-])c4C3=O)O2)c(=O)[nH]c1=O. The molecule has 0 unspecified atom stereocenters. The number of ether oxygens (including phenoxy) is 1. The molecule has 1 aromatic heterocycles. The summed E-state index contributed by atoms with van der Waals surface area (Å²) in [5, 5.41) is 14.9. The van der Waals surface area contributed by atoms with E-state index in [1.807, 2.05) is 0 Å². The molecule has 0 radical (unpaired) electrons. The molecule has 1 aromatic carbocycles. The molecular formula is C18H15N7O7. The van der Waals surface area contributed by atoms with Gasteiger partial charge in [-0.15, -0.1) is 0 Å². The van der Waals surface area contributed by atoms with E-state index in [-0.39, 0.29) is 29.7 Å². The summed E-state index contributed by atoms with van der Waals surface area (Å²) in [7, 11) is 0. The van der Waals surface area contributed by atoms with Crippen LogP contribution in [0.25, 0.3) is 10.4 Å². The van der Waals surface area contributed by atoms with Crippen molar-refractivity contribution in [2.24, 2.45) is 5.11 Å². The van der Waals surface area contributed by atoms with E-state index >= 15 is 0 Å². The van der Waals surface area contributed by atoms with E-state index in [4.69, 9.17) is 10.3 Å². The number of aromatic amines is 1. The molecule has 3 atom stereocenters. The Balaban J connectivity index is 1.64. The second-order valence-corrected chi connectivity index (χ2v) is 7.29. The molecule has 0 spiro atoms. The maximum atomic E-state index is 12.8. The Bertz CT molecular complexity index is 1320. The lowest BCUT2D eigenvalue weighted by Gasteiger charge is -2.21. The minimum absolute atomic E-state index is 0.0451. The Labute approximate surface area is 177 Å². The first kappa shape index (κ1) is 21.0. The summed E-state index contributed by atoms with van der Waals surface area (Å²) >= 11 is 0. The first-order valence-corrected chi connectivity index (χ1v) is 9.38. The van der Waals surface area contributed by atoms with Gasteiger partial charge in [-0.2, -0.15) is 0 Å². The van der Waals surface area contributed by atoms with Crippen molar-refractivity contribution in [1.82, 2.24) is 14.5 Å². The third kappa shape index (κ3) is 3.33. The van der Waals surface area contributed by atoms with E-state index in [1.165, 1.54) is 25.3 Å². The van der Waals surface area contributed by atoms with Crippen molar-refractivity contribution in [3.05, 3.63) is 82.5 Å². The third-order valence-electron chi connectivity index (χ3n) is 5.40. The van der Waals surface area contributed by atoms with Crippen molar-refractivity contribution in [2.75, 3.05) is 6.54 Å². The predicted octanol–water partition coefficient (Wildman–Crippen LogP) is 1.02. The molecule has 14 heteroatoms. The number of carbonyl (C=O) groups excluding carboxylic acids is 2. The smallest absolute Gasteiger partial charge is 0.330 e. The summed E-state index contributed by atoms with van der Waals surface area (Å²) in [6, 6.07) is 2.91. The van der Waals surface area contributed by atoms with E-state index in [9.17, 15) is 29.3 Å². The van der Waals surface area contributed by atoms with Gasteiger partial charge in [-0.3, -0.25) is 38.9 Å². The molecule has 1 fully saturated rings. The van der Waals surface area contributed by atoms with Crippen LogP contribution < -0.4 is 11.2 Å². The van der Waals surface area contributed by atoms with Gasteiger partial charge in [0.1, 0.15) is 11.8 Å². The van der Waals surface area contributed by atoms with Crippen molar-refractivity contribution >= 4 is 17.5 Å². The molecule has 164 valence electrons. The summed E-state index contributed by atoms with van der Waals surface area (Å²) in [5.74, 6) is -1.60. The van der Waals surface area contributed by atoms with E-state index in [0.29, 0.717) is 0 Å². The molecule has 2 aliphatic rings. The largest absolute Gasteiger partial charge is 0.352 e. The number of hydrogen-bond donors (Lipinski definition) is 1. The number of benzene rings is 1. The highest BCUT2D eigenvalue weighted by Crippen LogP contribution is 2.34. The number of nitro benzene ring substituents is 1. The predicted molar refractivity (Wildman–Crippen MR) is 106 cm³/mol. The number of H-pyrrole nitrogens is 1. The highest BCUT2D eigenvalue weighted by Gasteiger charge is 2.45. The Hall–Kier alpha value is -4.29. The van der Waals surface area contributed by atoms with Crippen LogP contribution in [-0.4, -0.2) is 49.9 Å². The van der Waals surface area contributed by atoms with Crippen LogP contribution in [0.5, 0.6) is 0 Å². The second kappa shape index (κ2) is 7.76. The zero-order valence-electron chi connectivity index (χ0n) is 16.5. The summed E-state index contributed by atoms with van der Waals surface area (Å²) in [4.78, 5) is 65.6. The lowest BCUT2D eigenvalue weighted by Crippen LogP contribution is -2.40. The van der Waals surface area contributed by atoms with Crippen molar-refractivity contribution in [3.63, 3.8) is 0 Å². The standard InChI is InChI=1S/C18H15N7O7/c1-8-6-23(18(29)20-15(8)26)13-5-10(21-22-19)12(32-13)7-24-16(27)9-3-2-4-11(25(30)31)14(9)17(24)28/h2-4,6,10,12-13H,5,7H2,1H3,(H,20,26,29)/t10-,12+,13+/m0/s1. The zero-order chi connectivity index (χ0) is 23.2. The lowest BCUT2D eigenvalue weighted by molar-refractivity contribution is -0.385. The molecule has 0 aliphatic carbocycles. The van der Waals surface area contributed by atoms with Gasteiger partial charge in [0.05, 0.1) is 29.2 Å². The summed E-state index contributed by atoms with van der Waals surface area (Å²) in [6.07, 6.45) is -0.560. The van der Waals surface area contributed by atoms with Crippen LogP contribution in [0.2, 0.25) is 0 Å². The van der Waals surface area contributed by atoms with Gasteiger partial charge in [-0.25, -0.2) is 4.79 Å². The van der Waals surface area contributed by atoms with Gasteiger partial charge in [0.15, 0.2) is 0 Å². The average Bonchev–Trinajstić information content (AvgIpc) is 3.25. The maximum Gasteiger partial charge on any atom is 0.330 e. The van der Waals surface area contributed by atoms with E-state index in [1.54, 1.807) is 0 Å². The molecule has 14 nitrogen and oxygen atoms in total. The van der Waals surface area contributed by atoms with E-state index in [2.05, 4.69) is 15.0 Å². The summed E-state index contributed by atoms with van der Waals surface area (Å²) < 4.78 is 6.95. The number of rotatable bonds is 5. The van der Waals surface area contributed by atoms with Gasteiger partial charge in [0.2, 0.25) is 0 Å². The van der Waals surface area contributed by atoms with Crippen molar-refractivity contribution in [3.8, 4) is 0 Å². The van der Waals surface area contributed by atoms with Gasteiger partial charge < -0.3 is 4.74 Å². The second-order valence-electron chi connectivity index (χ2n) is 7.29. The topological polar surface area (TPSA) is 193 Å². The summed E-state index contributed by atoms with van der Waals surface area (Å²) in [5.41, 5.74) is 6.96. The highest BCUT2D eigenvalue weighted by atomic mass is 16.6. The van der Waals surface area contributed by atoms with Gasteiger partial charge >= 0.3 is 5.69 Å².